The van der Waals surface area contributed by atoms with Crippen molar-refractivity contribution in [3.05, 3.63) is 52.3 Å². The first-order chi connectivity index (χ1) is 10.9. The van der Waals surface area contributed by atoms with Crippen molar-refractivity contribution in [2.24, 2.45) is 4.99 Å². The molecule has 0 bridgehead atoms. The molecule has 124 valence electrons. The summed E-state index contributed by atoms with van der Waals surface area (Å²) in [5.41, 5.74) is 2.15. The molecule has 0 amide bonds. The maximum absolute atomic E-state index is 4.87. The molecule has 0 saturated carbocycles. The van der Waals surface area contributed by atoms with Gasteiger partial charge in [0, 0.05) is 36.6 Å². The molecule has 0 aliphatic heterocycles. The number of aromatic nitrogens is 1. The Morgan fingerprint density at radius 1 is 1.30 bits per heavy atom. The standard InChI is InChI=1S/C17H23BrN4O/c1-17(2,13-5-7-14(18)8-6-13)12-20-16(19-3)22(4)11-15-9-10-23-21-15/h5-10H,11-12H2,1-4H3,(H,19,20). The first-order valence-corrected chi connectivity index (χ1v) is 8.29. The van der Waals surface area contributed by atoms with Gasteiger partial charge in [-0.25, -0.2) is 0 Å². The highest BCUT2D eigenvalue weighted by atomic mass is 79.9. The van der Waals surface area contributed by atoms with E-state index in [1.54, 1.807) is 13.3 Å². The molecule has 0 spiro atoms. The summed E-state index contributed by atoms with van der Waals surface area (Å²) in [6.07, 6.45) is 1.58. The highest BCUT2D eigenvalue weighted by Gasteiger charge is 2.21. The van der Waals surface area contributed by atoms with Gasteiger partial charge < -0.3 is 14.7 Å². The van der Waals surface area contributed by atoms with E-state index in [4.69, 9.17) is 4.52 Å². The number of nitrogens with one attached hydrogen (secondary N) is 1. The van der Waals surface area contributed by atoms with Gasteiger partial charge in [0.15, 0.2) is 5.96 Å². The third kappa shape index (κ3) is 4.82. The molecule has 23 heavy (non-hydrogen) atoms. The molecule has 0 aliphatic carbocycles. The van der Waals surface area contributed by atoms with Crippen molar-refractivity contribution in [2.45, 2.75) is 25.8 Å². The van der Waals surface area contributed by atoms with Gasteiger partial charge in [0.05, 0.1) is 6.54 Å². The van der Waals surface area contributed by atoms with Crippen LogP contribution in [0.2, 0.25) is 0 Å². The molecular formula is C17H23BrN4O. The summed E-state index contributed by atoms with van der Waals surface area (Å²) in [5.74, 6) is 0.832. The third-order valence-corrected chi connectivity index (χ3v) is 4.31. The van der Waals surface area contributed by atoms with Gasteiger partial charge in [-0.2, -0.15) is 0 Å². The minimum absolute atomic E-state index is 0.00856. The van der Waals surface area contributed by atoms with Crippen molar-refractivity contribution in [2.75, 3.05) is 20.6 Å². The Labute approximate surface area is 145 Å². The molecule has 5 nitrogen and oxygen atoms in total. The van der Waals surface area contributed by atoms with Crippen LogP contribution in [0.3, 0.4) is 0 Å². The van der Waals surface area contributed by atoms with E-state index in [2.05, 4.69) is 69.5 Å². The largest absolute Gasteiger partial charge is 0.364 e. The number of hydrogen-bond donors (Lipinski definition) is 1. The lowest BCUT2D eigenvalue weighted by Crippen LogP contribution is -2.44. The van der Waals surface area contributed by atoms with Crippen LogP contribution in [0.4, 0.5) is 0 Å². The van der Waals surface area contributed by atoms with E-state index in [9.17, 15) is 0 Å². The lowest BCUT2D eigenvalue weighted by atomic mass is 9.85. The Balaban J connectivity index is 1.97. The smallest absolute Gasteiger partial charge is 0.193 e. The fraction of sp³-hybridized carbons (Fsp3) is 0.412. The van der Waals surface area contributed by atoms with Crippen LogP contribution in [0.25, 0.3) is 0 Å². The zero-order valence-corrected chi connectivity index (χ0v) is 15.6. The highest BCUT2D eigenvalue weighted by molar-refractivity contribution is 9.10. The fourth-order valence-electron chi connectivity index (χ4n) is 2.32. The molecule has 1 N–H and O–H groups in total. The summed E-state index contributed by atoms with van der Waals surface area (Å²) in [6, 6.07) is 10.3. The summed E-state index contributed by atoms with van der Waals surface area (Å²) in [4.78, 5) is 6.37. The van der Waals surface area contributed by atoms with Crippen LogP contribution in [0.15, 0.2) is 50.6 Å². The second-order valence-corrected chi connectivity index (χ2v) is 7.05. The van der Waals surface area contributed by atoms with Gasteiger partial charge in [-0.1, -0.05) is 47.1 Å². The van der Waals surface area contributed by atoms with Crippen LogP contribution in [0, 0.1) is 0 Å². The van der Waals surface area contributed by atoms with Crippen LogP contribution in [0.1, 0.15) is 25.1 Å². The van der Waals surface area contributed by atoms with E-state index in [0.29, 0.717) is 6.54 Å². The average molecular weight is 379 g/mol. The molecule has 0 radical (unpaired) electrons. The number of halogens is 1. The Morgan fingerprint density at radius 3 is 2.57 bits per heavy atom. The molecule has 0 saturated heterocycles. The van der Waals surface area contributed by atoms with Crippen LogP contribution in [-0.4, -0.2) is 36.7 Å². The normalized spacial score (nSPS) is 12.3. The van der Waals surface area contributed by atoms with Crippen LogP contribution in [-0.2, 0) is 12.0 Å². The van der Waals surface area contributed by atoms with Gasteiger partial charge >= 0.3 is 0 Å². The number of guanidine groups is 1. The Morgan fingerprint density at radius 2 is 2.00 bits per heavy atom. The molecule has 2 aromatic rings. The van der Waals surface area contributed by atoms with E-state index < -0.39 is 0 Å². The average Bonchev–Trinajstić information content (AvgIpc) is 3.01. The molecule has 0 fully saturated rings. The number of nitrogens with zero attached hydrogens (tertiary/aromatic N) is 3. The molecule has 1 aromatic heterocycles. The monoisotopic (exact) mass is 378 g/mol. The predicted molar refractivity (Wildman–Crippen MR) is 96.5 cm³/mol. The van der Waals surface area contributed by atoms with Crippen molar-refractivity contribution in [3.63, 3.8) is 0 Å². The molecular weight excluding hydrogens is 356 g/mol. The maximum Gasteiger partial charge on any atom is 0.193 e. The zero-order valence-electron chi connectivity index (χ0n) is 14.0. The van der Waals surface area contributed by atoms with E-state index in [1.165, 1.54) is 5.56 Å². The fourth-order valence-corrected chi connectivity index (χ4v) is 2.59. The first kappa shape index (κ1) is 17.5. The van der Waals surface area contributed by atoms with Crippen molar-refractivity contribution < 1.29 is 4.52 Å². The summed E-state index contributed by atoms with van der Waals surface area (Å²) in [7, 11) is 3.77. The third-order valence-electron chi connectivity index (χ3n) is 3.78. The second-order valence-electron chi connectivity index (χ2n) is 6.14. The minimum Gasteiger partial charge on any atom is -0.364 e. The molecule has 1 aromatic carbocycles. The summed E-state index contributed by atoms with van der Waals surface area (Å²) in [5, 5.41) is 7.37. The van der Waals surface area contributed by atoms with Gasteiger partial charge in [-0.05, 0) is 17.7 Å². The van der Waals surface area contributed by atoms with Gasteiger partial charge in [0.1, 0.15) is 12.0 Å². The lowest BCUT2D eigenvalue weighted by Gasteiger charge is -2.29. The van der Waals surface area contributed by atoms with Crippen molar-refractivity contribution in [3.8, 4) is 0 Å². The molecule has 0 unspecified atom stereocenters. The molecule has 0 aliphatic rings. The zero-order chi connectivity index (χ0) is 16.9. The van der Waals surface area contributed by atoms with Crippen molar-refractivity contribution in [1.82, 2.24) is 15.4 Å². The molecule has 1 heterocycles. The van der Waals surface area contributed by atoms with Crippen LogP contribution in [0.5, 0.6) is 0 Å². The van der Waals surface area contributed by atoms with Gasteiger partial charge in [-0.15, -0.1) is 0 Å². The quantitative estimate of drug-likeness (QED) is 0.639. The molecule has 6 heteroatoms. The summed E-state index contributed by atoms with van der Waals surface area (Å²) < 4.78 is 5.96. The van der Waals surface area contributed by atoms with Gasteiger partial charge in [0.25, 0.3) is 0 Å². The predicted octanol–water partition coefficient (Wildman–Crippen LogP) is 3.42. The van der Waals surface area contributed by atoms with E-state index in [0.717, 1.165) is 22.7 Å². The topological polar surface area (TPSA) is 53.7 Å². The van der Waals surface area contributed by atoms with E-state index >= 15 is 0 Å². The first-order valence-electron chi connectivity index (χ1n) is 7.49. The maximum atomic E-state index is 4.87. The second kappa shape index (κ2) is 7.64. The van der Waals surface area contributed by atoms with Crippen LogP contribution >= 0.6 is 15.9 Å². The SMILES string of the molecule is CN=C(NCC(C)(C)c1ccc(Br)cc1)N(C)Cc1ccon1. The molecule has 2 rings (SSSR count). The Hall–Kier alpha value is -1.82. The minimum atomic E-state index is -0.00856. The number of benzene rings is 1. The Kier molecular flexibility index (Phi) is 5.82. The summed E-state index contributed by atoms with van der Waals surface area (Å²) in [6.45, 7) is 5.86. The number of rotatable bonds is 5. The lowest BCUT2D eigenvalue weighted by molar-refractivity contribution is 0.388. The van der Waals surface area contributed by atoms with Gasteiger partial charge in [0.2, 0.25) is 0 Å². The van der Waals surface area contributed by atoms with E-state index in [-0.39, 0.29) is 5.41 Å². The van der Waals surface area contributed by atoms with Gasteiger partial charge in [-0.3, -0.25) is 4.99 Å². The van der Waals surface area contributed by atoms with Crippen molar-refractivity contribution >= 4 is 21.9 Å². The Bertz CT molecular complexity index is 635. The molecule has 0 atom stereocenters. The van der Waals surface area contributed by atoms with Crippen LogP contribution < -0.4 is 5.32 Å². The summed E-state index contributed by atoms with van der Waals surface area (Å²) >= 11 is 3.48. The number of hydrogen-bond acceptors (Lipinski definition) is 3. The van der Waals surface area contributed by atoms with Crippen molar-refractivity contribution in [1.29, 1.82) is 0 Å². The van der Waals surface area contributed by atoms with E-state index in [1.807, 2.05) is 18.0 Å². The number of aliphatic imine (C=N–C) groups is 1. The highest BCUT2D eigenvalue weighted by Crippen LogP contribution is 2.24.